The lowest BCUT2D eigenvalue weighted by molar-refractivity contribution is 0.583. The topological polar surface area (TPSA) is 73.8 Å². The Morgan fingerprint density at radius 3 is 2.45 bits per heavy atom. The van der Waals surface area contributed by atoms with Crippen LogP contribution in [0.4, 0.5) is 5.95 Å². The number of fused-ring (bicyclic) bond motifs is 1. The van der Waals surface area contributed by atoms with Crippen LogP contribution in [0.25, 0.3) is 11.2 Å². The fourth-order valence-electron chi connectivity index (χ4n) is 2.26. The Kier molecular flexibility index (Phi) is 3.96. The summed E-state index contributed by atoms with van der Waals surface area (Å²) in [5.74, 6) is 0.607. The smallest absolute Gasteiger partial charge is 0.332 e. The summed E-state index contributed by atoms with van der Waals surface area (Å²) in [5.41, 5.74) is 0.304. The summed E-state index contributed by atoms with van der Waals surface area (Å²) in [4.78, 5) is 28.9. The largest absolute Gasteiger partial charge is 0.356 e. The number of hydrogen-bond donors (Lipinski definition) is 1. The third kappa shape index (κ3) is 2.13. The zero-order chi connectivity index (χ0) is 14.9. The average molecular weight is 279 g/mol. The minimum atomic E-state index is -0.308. The molecule has 2 heterocycles. The standard InChI is InChI=1S/C13H21N5O2/c1-5-7-8-18-10-9(11(19)17(4)13(18)20)16(3)12(15-10)14-6-2/h5-8H2,1-4H3,(H,14,15). The van der Waals surface area contributed by atoms with Crippen LogP contribution in [-0.4, -0.2) is 25.2 Å². The van der Waals surface area contributed by atoms with Crippen LogP contribution in [0.15, 0.2) is 9.59 Å². The first kappa shape index (κ1) is 14.4. The molecule has 20 heavy (non-hydrogen) atoms. The Labute approximate surface area is 116 Å². The molecular weight excluding hydrogens is 258 g/mol. The Bertz CT molecular complexity index is 738. The van der Waals surface area contributed by atoms with E-state index in [4.69, 9.17) is 0 Å². The maximum absolute atomic E-state index is 12.3. The molecule has 0 unspecified atom stereocenters. The van der Waals surface area contributed by atoms with Gasteiger partial charge in [-0.15, -0.1) is 0 Å². The molecule has 0 bridgehead atoms. The van der Waals surface area contributed by atoms with Gasteiger partial charge in [-0.3, -0.25) is 13.9 Å². The summed E-state index contributed by atoms with van der Waals surface area (Å²) >= 11 is 0. The third-order valence-electron chi connectivity index (χ3n) is 3.43. The van der Waals surface area contributed by atoms with Crippen molar-refractivity contribution in [3.8, 4) is 0 Å². The van der Waals surface area contributed by atoms with E-state index in [1.807, 2.05) is 6.92 Å². The van der Waals surface area contributed by atoms with Gasteiger partial charge in [0.15, 0.2) is 11.2 Å². The highest BCUT2D eigenvalue weighted by molar-refractivity contribution is 5.74. The van der Waals surface area contributed by atoms with Crippen molar-refractivity contribution in [2.24, 2.45) is 14.1 Å². The van der Waals surface area contributed by atoms with Crippen molar-refractivity contribution >= 4 is 17.1 Å². The van der Waals surface area contributed by atoms with E-state index < -0.39 is 0 Å². The lowest BCUT2D eigenvalue weighted by Crippen LogP contribution is -2.38. The van der Waals surface area contributed by atoms with E-state index in [2.05, 4.69) is 17.2 Å². The van der Waals surface area contributed by atoms with Crippen LogP contribution in [0.3, 0.4) is 0 Å². The minimum Gasteiger partial charge on any atom is -0.356 e. The summed E-state index contributed by atoms with van der Waals surface area (Å²) in [7, 11) is 3.29. The molecule has 0 amide bonds. The van der Waals surface area contributed by atoms with Crippen molar-refractivity contribution in [1.82, 2.24) is 18.7 Å². The zero-order valence-electron chi connectivity index (χ0n) is 12.4. The zero-order valence-corrected chi connectivity index (χ0v) is 12.4. The van der Waals surface area contributed by atoms with E-state index in [-0.39, 0.29) is 11.2 Å². The monoisotopic (exact) mass is 279 g/mol. The summed E-state index contributed by atoms with van der Waals surface area (Å²) < 4.78 is 4.44. The van der Waals surface area contributed by atoms with Gasteiger partial charge in [-0.1, -0.05) is 13.3 Å². The van der Waals surface area contributed by atoms with E-state index >= 15 is 0 Å². The maximum atomic E-state index is 12.3. The number of nitrogens with one attached hydrogen (secondary N) is 1. The van der Waals surface area contributed by atoms with Gasteiger partial charge in [0.2, 0.25) is 5.95 Å². The molecule has 7 nitrogen and oxygen atoms in total. The second-order valence-corrected chi connectivity index (χ2v) is 4.85. The van der Waals surface area contributed by atoms with Crippen LogP contribution < -0.4 is 16.6 Å². The molecule has 0 aromatic carbocycles. The number of hydrogen-bond acceptors (Lipinski definition) is 4. The Morgan fingerprint density at radius 1 is 1.15 bits per heavy atom. The van der Waals surface area contributed by atoms with Gasteiger partial charge in [-0.25, -0.2) is 4.79 Å². The SMILES string of the molecule is CCCCn1c(=O)n(C)c(=O)c2c1nc(NCC)n2C. The normalized spacial score (nSPS) is 11.2. The van der Waals surface area contributed by atoms with Crippen LogP contribution in [0.2, 0.25) is 0 Å². The Morgan fingerprint density at radius 2 is 1.85 bits per heavy atom. The summed E-state index contributed by atoms with van der Waals surface area (Å²) in [6.07, 6.45) is 1.85. The van der Waals surface area contributed by atoms with Crippen molar-refractivity contribution in [3.05, 3.63) is 20.8 Å². The summed E-state index contributed by atoms with van der Waals surface area (Å²) in [6.45, 7) is 5.30. The number of anilines is 1. The molecule has 1 N–H and O–H groups in total. The highest BCUT2D eigenvalue weighted by Gasteiger charge is 2.17. The molecule has 0 atom stereocenters. The van der Waals surface area contributed by atoms with Gasteiger partial charge < -0.3 is 9.88 Å². The van der Waals surface area contributed by atoms with Crippen molar-refractivity contribution in [3.63, 3.8) is 0 Å². The van der Waals surface area contributed by atoms with Gasteiger partial charge in [-0.05, 0) is 13.3 Å². The Balaban J connectivity index is 2.80. The molecule has 0 aliphatic rings. The number of aromatic nitrogens is 4. The van der Waals surface area contributed by atoms with Crippen LogP contribution in [0.5, 0.6) is 0 Å². The number of unbranched alkanes of at least 4 members (excludes halogenated alkanes) is 1. The van der Waals surface area contributed by atoms with E-state index in [9.17, 15) is 9.59 Å². The van der Waals surface area contributed by atoms with Crippen LogP contribution in [0, 0.1) is 0 Å². The van der Waals surface area contributed by atoms with E-state index in [1.54, 1.807) is 16.2 Å². The first-order valence-electron chi connectivity index (χ1n) is 6.93. The molecule has 0 saturated heterocycles. The lowest BCUT2D eigenvalue weighted by Gasteiger charge is -2.08. The highest BCUT2D eigenvalue weighted by Crippen LogP contribution is 2.14. The molecule has 0 aliphatic heterocycles. The number of aryl methyl sites for hydroxylation is 2. The number of rotatable bonds is 5. The Hall–Kier alpha value is -2.05. The molecule has 2 rings (SSSR count). The molecule has 110 valence electrons. The quantitative estimate of drug-likeness (QED) is 0.873. The third-order valence-corrected chi connectivity index (χ3v) is 3.43. The van der Waals surface area contributed by atoms with E-state index in [0.717, 1.165) is 17.4 Å². The molecule has 0 radical (unpaired) electrons. The summed E-state index contributed by atoms with van der Waals surface area (Å²) in [5, 5.41) is 3.10. The first-order chi connectivity index (χ1) is 9.52. The van der Waals surface area contributed by atoms with Crippen molar-refractivity contribution in [2.45, 2.75) is 33.2 Å². The van der Waals surface area contributed by atoms with Gasteiger partial charge in [-0.2, -0.15) is 4.98 Å². The fraction of sp³-hybridized carbons (Fsp3) is 0.615. The van der Waals surface area contributed by atoms with Crippen molar-refractivity contribution in [1.29, 1.82) is 0 Å². The van der Waals surface area contributed by atoms with E-state index in [0.29, 0.717) is 30.2 Å². The molecule has 0 fully saturated rings. The van der Waals surface area contributed by atoms with Crippen LogP contribution in [0.1, 0.15) is 26.7 Å². The predicted molar refractivity (Wildman–Crippen MR) is 79.3 cm³/mol. The van der Waals surface area contributed by atoms with Gasteiger partial charge in [0.05, 0.1) is 0 Å². The first-order valence-corrected chi connectivity index (χ1v) is 6.93. The predicted octanol–water partition coefficient (Wildman–Crippen LogP) is 0.666. The van der Waals surface area contributed by atoms with Gasteiger partial charge in [0.25, 0.3) is 5.56 Å². The number of imidazole rings is 1. The second kappa shape index (κ2) is 5.52. The van der Waals surface area contributed by atoms with Gasteiger partial charge in [0, 0.05) is 27.2 Å². The van der Waals surface area contributed by atoms with E-state index in [1.165, 1.54) is 7.05 Å². The molecular formula is C13H21N5O2. The fourth-order valence-corrected chi connectivity index (χ4v) is 2.26. The van der Waals surface area contributed by atoms with Crippen LogP contribution in [-0.2, 0) is 20.6 Å². The maximum Gasteiger partial charge on any atom is 0.332 e. The van der Waals surface area contributed by atoms with Crippen molar-refractivity contribution in [2.75, 3.05) is 11.9 Å². The van der Waals surface area contributed by atoms with Crippen LogP contribution >= 0.6 is 0 Å². The number of nitrogens with zero attached hydrogens (tertiary/aromatic N) is 4. The lowest BCUT2D eigenvalue weighted by atomic mass is 10.3. The van der Waals surface area contributed by atoms with Crippen molar-refractivity contribution < 1.29 is 0 Å². The van der Waals surface area contributed by atoms with Gasteiger partial charge >= 0.3 is 5.69 Å². The molecule has 7 heteroatoms. The molecule has 2 aromatic rings. The molecule has 0 spiro atoms. The average Bonchev–Trinajstić information content (AvgIpc) is 2.74. The second-order valence-electron chi connectivity index (χ2n) is 4.85. The molecule has 0 aliphatic carbocycles. The molecule has 2 aromatic heterocycles. The van der Waals surface area contributed by atoms with Gasteiger partial charge in [0.1, 0.15) is 0 Å². The minimum absolute atomic E-state index is 0.308. The molecule has 0 saturated carbocycles. The summed E-state index contributed by atoms with van der Waals surface area (Å²) in [6, 6.07) is 0. The highest BCUT2D eigenvalue weighted by atomic mass is 16.2.